The van der Waals surface area contributed by atoms with Gasteiger partial charge in [0, 0.05) is 11.9 Å². The molecule has 0 unspecified atom stereocenters. The molecule has 9 nitrogen and oxygen atoms in total. The second-order valence-corrected chi connectivity index (χ2v) is 7.21. The first-order valence-corrected chi connectivity index (χ1v) is 9.71. The van der Waals surface area contributed by atoms with E-state index in [9.17, 15) is 22.8 Å². The number of carbonyl (C=O) groups is 2. The van der Waals surface area contributed by atoms with Crippen LogP contribution >= 0.6 is 0 Å². The van der Waals surface area contributed by atoms with Gasteiger partial charge in [-0.15, -0.1) is 0 Å². The van der Waals surface area contributed by atoms with Gasteiger partial charge >= 0.3 is 6.18 Å². The second-order valence-electron chi connectivity index (χ2n) is 7.21. The molecule has 0 spiro atoms. The van der Waals surface area contributed by atoms with Crippen LogP contribution in [0.25, 0.3) is 5.57 Å². The van der Waals surface area contributed by atoms with Gasteiger partial charge in [0.2, 0.25) is 5.91 Å². The zero-order valence-corrected chi connectivity index (χ0v) is 17.3. The molecule has 2 heterocycles. The Morgan fingerprint density at radius 2 is 1.75 bits per heavy atom. The third kappa shape index (κ3) is 4.49. The van der Waals surface area contributed by atoms with E-state index in [4.69, 9.17) is 11.5 Å². The predicted octanol–water partition coefficient (Wildman–Crippen LogP) is 2.64. The Hall–Kier alpha value is -3.67. The summed E-state index contributed by atoms with van der Waals surface area (Å²) in [7, 11) is 0. The van der Waals surface area contributed by atoms with Crippen LogP contribution in [0.1, 0.15) is 38.2 Å². The molecule has 0 aliphatic carbocycles. The molecule has 32 heavy (non-hydrogen) atoms. The molecule has 2 aromatic rings. The van der Waals surface area contributed by atoms with Crippen molar-refractivity contribution < 1.29 is 22.8 Å². The van der Waals surface area contributed by atoms with Gasteiger partial charge in [-0.2, -0.15) is 13.2 Å². The summed E-state index contributed by atoms with van der Waals surface area (Å²) in [5.74, 6) is -1.84. The molecule has 1 aliphatic rings. The molecule has 1 aliphatic heterocycles. The summed E-state index contributed by atoms with van der Waals surface area (Å²) >= 11 is 0. The van der Waals surface area contributed by atoms with Gasteiger partial charge in [0.15, 0.2) is 5.82 Å². The zero-order valence-electron chi connectivity index (χ0n) is 17.3. The fourth-order valence-electron chi connectivity index (χ4n) is 3.07. The molecular formula is C20H22F3N7O2. The van der Waals surface area contributed by atoms with Crippen molar-refractivity contribution in [3.63, 3.8) is 0 Å². The normalized spacial score (nSPS) is 14.8. The summed E-state index contributed by atoms with van der Waals surface area (Å²) in [5, 5.41) is 8.50. The van der Waals surface area contributed by atoms with Gasteiger partial charge in [0.05, 0.1) is 16.9 Å². The number of fused-ring (bicyclic) bond motifs is 1. The van der Waals surface area contributed by atoms with Crippen LogP contribution in [0, 0.1) is 0 Å². The molecule has 0 saturated carbocycles. The Balaban J connectivity index is 1.92. The summed E-state index contributed by atoms with van der Waals surface area (Å²) in [5.41, 5.74) is 10.3. The van der Waals surface area contributed by atoms with Crippen LogP contribution in [-0.2, 0) is 15.8 Å². The molecule has 0 radical (unpaired) electrons. The lowest BCUT2D eigenvalue weighted by atomic mass is 9.93. The summed E-state index contributed by atoms with van der Waals surface area (Å²) in [6.45, 7) is 3.63. The molecule has 1 aromatic carbocycles. The highest BCUT2D eigenvalue weighted by Gasteiger charge is 2.34. The van der Waals surface area contributed by atoms with Gasteiger partial charge in [-0.3, -0.25) is 9.59 Å². The minimum Gasteiger partial charge on any atom is -0.365 e. The fourth-order valence-corrected chi connectivity index (χ4v) is 3.07. The van der Waals surface area contributed by atoms with E-state index in [0.29, 0.717) is 36.0 Å². The number of aromatic nitrogens is 2. The number of hydrogen-bond acceptors (Lipinski definition) is 7. The van der Waals surface area contributed by atoms with Crippen molar-refractivity contribution in [2.75, 3.05) is 16.0 Å². The van der Waals surface area contributed by atoms with Gasteiger partial charge in [0.1, 0.15) is 17.1 Å². The Bertz CT molecular complexity index is 1090. The lowest BCUT2D eigenvalue weighted by Gasteiger charge is -2.25. The lowest BCUT2D eigenvalue weighted by molar-refractivity contribution is -0.141. The van der Waals surface area contributed by atoms with E-state index >= 15 is 0 Å². The van der Waals surface area contributed by atoms with Crippen molar-refractivity contribution in [2.45, 2.75) is 38.4 Å². The number of hydrogen-bond donors (Lipinski definition) is 5. The summed E-state index contributed by atoms with van der Waals surface area (Å²) in [4.78, 5) is 31.7. The molecule has 0 fully saturated rings. The van der Waals surface area contributed by atoms with Crippen LogP contribution in [0.15, 0.2) is 36.3 Å². The fraction of sp³-hybridized carbons (Fsp3) is 0.300. The van der Waals surface area contributed by atoms with Crippen molar-refractivity contribution in [1.29, 1.82) is 0 Å². The minimum atomic E-state index is -4.72. The van der Waals surface area contributed by atoms with Crippen LogP contribution < -0.4 is 27.4 Å². The minimum absolute atomic E-state index is 0.0191. The van der Waals surface area contributed by atoms with Gasteiger partial charge < -0.3 is 27.4 Å². The van der Waals surface area contributed by atoms with Crippen LogP contribution in [0.4, 0.5) is 30.2 Å². The second kappa shape index (κ2) is 8.46. The molecule has 7 N–H and O–H groups in total. The number of alkyl halides is 3. The first-order chi connectivity index (χ1) is 15.0. The zero-order chi connectivity index (χ0) is 23.7. The van der Waals surface area contributed by atoms with Gasteiger partial charge in [-0.25, -0.2) is 9.97 Å². The smallest absolute Gasteiger partial charge is 0.365 e. The van der Waals surface area contributed by atoms with E-state index in [1.807, 2.05) is 13.8 Å². The number of nitrogens with one attached hydrogen (secondary N) is 3. The monoisotopic (exact) mass is 449 g/mol. The quantitative estimate of drug-likeness (QED) is 0.426. The Morgan fingerprint density at radius 3 is 2.34 bits per heavy atom. The lowest BCUT2D eigenvalue weighted by Crippen LogP contribution is -2.50. The Labute approximate surface area is 181 Å². The maximum atomic E-state index is 13.0. The van der Waals surface area contributed by atoms with E-state index < -0.39 is 29.1 Å². The summed E-state index contributed by atoms with van der Waals surface area (Å²) < 4.78 is 39.0. The highest BCUT2D eigenvalue weighted by atomic mass is 19.4. The molecule has 0 atom stereocenters. The highest BCUT2D eigenvalue weighted by Crippen LogP contribution is 2.36. The summed E-state index contributed by atoms with van der Waals surface area (Å²) in [6.07, 6.45) is -2.92. The number of benzene rings is 1. The van der Waals surface area contributed by atoms with Gasteiger partial charge in [0.25, 0.3) is 5.91 Å². The van der Waals surface area contributed by atoms with E-state index in [1.54, 1.807) is 18.2 Å². The van der Waals surface area contributed by atoms with E-state index in [2.05, 4.69) is 25.9 Å². The molecule has 12 heteroatoms. The topological polar surface area (TPSA) is 148 Å². The molecule has 1 aromatic heterocycles. The third-order valence-electron chi connectivity index (χ3n) is 5.18. The molecular weight excluding hydrogens is 427 g/mol. The molecule has 2 amide bonds. The number of primary amides is 1. The van der Waals surface area contributed by atoms with E-state index in [-0.39, 0.29) is 17.3 Å². The Kier molecular flexibility index (Phi) is 6.08. The van der Waals surface area contributed by atoms with Crippen molar-refractivity contribution in [1.82, 2.24) is 9.97 Å². The van der Waals surface area contributed by atoms with Crippen LogP contribution in [-0.4, -0.2) is 27.3 Å². The maximum Gasteiger partial charge on any atom is 0.433 e. The average Bonchev–Trinajstić information content (AvgIpc) is 3.15. The Morgan fingerprint density at radius 1 is 1.09 bits per heavy atom. The molecule has 170 valence electrons. The number of rotatable bonds is 6. The average molecular weight is 449 g/mol. The van der Waals surface area contributed by atoms with Gasteiger partial charge in [-0.1, -0.05) is 13.8 Å². The SMILES string of the molecule is CCC(N)(CC)C(=O)Nc1ccc2c(c1)N/C(=C(\C(N)=O)c1nccc(C(F)(F)F)n1)N2. The van der Waals surface area contributed by atoms with Crippen molar-refractivity contribution in [3.8, 4) is 0 Å². The largest absolute Gasteiger partial charge is 0.433 e. The standard InChI is InChI=1S/C20H22F3N7O2/c1-3-19(25,4-2)18(32)27-10-5-6-11-12(9-10)29-17(28-11)14(15(24)31)16-26-8-7-13(30-16)20(21,22)23/h5-9,28-29H,3-4,25H2,1-2H3,(H2,24,31)(H,27,32)/b17-14+. The van der Waals surface area contributed by atoms with Crippen LogP contribution in [0.2, 0.25) is 0 Å². The van der Waals surface area contributed by atoms with E-state index in [0.717, 1.165) is 6.20 Å². The van der Waals surface area contributed by atoms with Gasteiger partial charge in [-0.05, 0) is 37.1 Å². The number of halogens is 3. The van der Waals surface area contributed by atoms with Crippen molar-refractivity contribution >= 4 is 34.4 Å². The molecule has 0 saturated heterocycles. The predicted molar refractivity (Wildman–Crippen MR) is 113 cm³/mol. The summed E-state index contributed by atoms with van der Waals surface area (Å²) in [6, 6.07) is 5.51. The molecule has 0 bridgehead atoms. The van der Waals surface area contributed by atoms with Crippen molar-refractivity contribution in [3.05, 3.63) is 47.8 Å². The van der Waals surface area contributed by atoms with E-state index in [1.165, 1.54) is 0 Å². The first kappa shape index (κ1) is 23.0. The highest BCUT2D eigenvalue weighted by molar-refractivity contribution is 6.20. The number of nitrogens with two attached hydrogens (primary N) is 2. The first-order valence-electron chi connectivity index (χ1n) is 9.71. The third-order valence-corrected chi connectivity index (χ3v) is 5.18. The maximum absolute atomic E-state index is 13.0. The van der Waals surface area contributed by atoms with Crippen LogP contribution in [0.3, 0.4) is 0 Å². The molecule has 3 rings (SSSR count). The number of amides is 2. The van der Waals surface area contributed by atoms with Crippen molar-refractivity contribution in [2.24, 2.45) is 11.5 Å². The number of nitrogens with zero attached hydrogens (tertiary/aromatic N) is 2. The van der Waals surface area contributed by atoms with Crippen LogP contribution in [0.5, 0.6) is 0 Å². The number of anilines is 3. The number of carbonyl (C=O) groups excluding carboxylic acids is 2.